The first-order valence-corrected chi connectivity index (χ1v) is 12.8. The Morgan fingerprint density at radius 2 is 1.76 bits per heavy atom. The van der Waals surface area contributed by atoms with Gasteiger partial charge in [-0.05, 0) is 80.5 Å². The molecule has 1 heterocycles. The topological polar surface area (TPSA) is 95.6 Å². The molecule has 0 spiro atoms. The number of nitrogens with zero attached hydrogens (tertiary/aromatic N) is 1. The summed E-state index contributed by atoms with van der Waals surface area (Å²) in [5, 5.41) is 2.91. The predicted octanol–water partition coefficient (Wildman–Crippen LogP) is 3.79. The highest BCUT2D eigenvalue weighted by atomic mass is 32.2. The van der Waals surface area contributed by atoms with Gasteiger partial charge in [-0.2, -0.15) is 0 Å². The summed E-state index contributed by atoms with van der Waals surface area (Å²) in [4.78, 5) is 27.6. The molecule has 0 radical (unpaired) electrons. The molecule has 0 saturated carbocycles. The molecule has 3 rings (SSSR count). The summed E-state index contributed by atoms with van der Waals surface area (Å²) >= 11 is 0. The van der Waals surface area contributed by atoms with Crippen LogP contribution in [0.2, 0.25) is 0 Å². The van der Waals surface area contributed by atoms with Crippen molar-refractivity contribution in [2.75, 3.05) is 17.8 Å². The third-order valence-electron chi connectivity index (χ3n) is 5.94. The molecule has 0 aliphatic carbocycles. The SMILES string of the molecule is Cc1cc(C)c(S(=O)(=O)Nc2cccc(C(=O)N3CCCC3C(=O)NCC(C)C)c2)cc1C. The second-order valence-electron chi connectivity index (χ2n) is 9.18. The molecule has 7 nitrogen and oxygen atoms in total. The first-order valence-electron chi connectivity index (χ1n) is 11.3. The summed E-state index contributed by atoms with van der Waals surface area (Å²) in [6.07, 6.45) is 1.37. The average Bonchev–Trinajstić information content (AvgIpc) is 3.23. The fourth-order valence-corrected chi connectivity index (χ4v) is 5.38. The first kappa shape index (κ1) is 24.8. The van der Waals surface area contributed by atoms with Gasteiger partial charge in [0.1, 0.15) is 6.04 Å². The fraction of sp³-hybridized carbons (Fsp3) is 0.440. The second-order valence-corrected chi connectivity index (χ2v) is 10.8. The standard InChI is InChI=1S/C25H33N3O4S/c1-16(2)15-26-24(29)22-10-7-11-28(22)25(30)20-8-6-9-21(14-20)27-33(31,32)23-13-18(4)17(3)12-19(23)5/h6,8-9,12-14,16,22,27H,7,10-11,15H2,1-5H3,(H,26,29). The van der Waals surface area contributed by atoms with Crippen molar-refractivity contribution in [3.63, 3.8) is 0 Å². The minimum absolute atomic E-state index is 0.142. The van der Waals surface area contributed by atoms with Gasteiger partial charge in [0.25, 0.3) is 15.9 Å². The lowest BCUT2D eigenvalue weighted by molar-refractivity contribution is -0.125. The van der Waals surface area contributed by atoms with E-state index in [4.69, 9.17) is 0 Å². The van der Waals surface area contributed by atoms with Crippen LogP contribution in [0.25, 0.3) is 0 Å². The molecule has 178 valence electrons. The Morgan fingerprint density at radius 3 is 2.45 bits per heavy atom. The molecule has 8 heteroatoms. The monoisotopic (exact) mass is 471 g/mol. The number of rotatable bonds is 7. The molecule has 1 atom stereocenters. The number of amides is 2. The summed E-state index contributed by atoms with van der Waals surface area (Å²) in [7, 11) is -3.82. The zero-order valence-electron chi connectivity index (χ0n) is 19.9. The van der Waals surface area contributed by atoms with E-state index in [1.54, 1.807) is 36.1 Å². The smallest absolute Gasteiger partial charge is 0.262 e. The van der Waals surface area contributed by atoms with Crippen LogP contribution in [0.3, 0.4) is 0 Å². The lowest BCUT2D eigenvalue weighted by Gasteiger charge is -2.24. The van der Waals surface area contributed by atoms with Crippen LogP contribution in [-0.4, -0.2) is 44.3 Å². The minimum Gasteiger partial charge on any atom is -0.354 e. The lowest BCUT2D eigenvalue weighted by Crippen LogP contribution is -2.46. The Morgan fingerprint density at radius 1 is 1.06 bits per heavy atom. The van der Waals surface area contributed by atoms with Crippen molar-refractivity contribution in [3.8, 4) is 0 Å². The van der Waals surface area contributed by atoms with Gasteiger partial charge in [0.2, 0.25) is 5.91 Å². The minimum atomic E-state index is -3.82. The molecule has 1 fully saturated rings. The normalized spacial score (nSPS) is 16.2. The van der Waals surface area contributed by atoms with E-state index in [-0.39, 0.29) is 16.7 Å². The van der Waals surface area contributed by atoms with E-state index in [9.17, 15) is 18.0 Å². The summed E-state index contributed by atoms with van der Waals surface area (Å²) in [5.41, 5.74) is 3.22. The van der Waals surface area contributed by atoms with E-state index >= 15 is 0 Å². The maximum Gasteiger partial charge on any atom is 0.262 e. The first-order chi connectivity index (χ1) is 15.5. The van der Waals surface area contributed by atoms with Gasteiger partial charge in [-0.3, -0.25) is 14.3 Å². The average molecular weight is 472 g/mol. The van der Waals surface area contributed by atoms with Crippen LogP contribution < -0.4 is 10.0 Å². The van der Waals surface area contributed by atoms with E-state index < -0.39 is 16.1 Å². The number of benzene rings is 2. The van der Waals surface area contributed by atoms with Gasteiger partial charge < -0.3 is 10.2 Å². The number of hydrogen-bond donors (Lipinski definition) is 2. The van der Waals surface area contributed by atoms with Gasteiger partial charge in [-0.1, -0.05) is 26.0 Å². The quantitative estimate of drug-likeness (QED) is 0.642. The summed E-state index contributed by atoms with van der Waals surface area (Å²) in [6, 6.07) is 9.42. The van der Waals surface area contributed by atoms with Gasteiger partial charge in [0.15, 0.2) is 0 Å². The number of hydrogen-bond acceptors (Lipinski definition) is 4. The number of sulfonamides is 1. The van der Waals surface area contributed by atoms with Crippen molar-refractivity contribution in [2.24, 2.45) is 5.92 Å². The molecule has 33 heavy (non-hydrogen) atoms. The van der Waals surface area contributed by atoms with Gasteiger partial charge in [-0.25, -0.2) is 8.42 Å². The largest absolute Gasteiger partial charge is 0.354 e. The highest BCUT2D eigenvalue weighted by molar-refractivity contribution is 7.92. The number of anilines is 1. The fourth-order valence-electron chi connectivity index (χ4n) is 4.02. The number of likely N-dealkylation sites (tertiary alicyclic amines) is 1. The molecule has 2 N–H and O–H groups in total. The Hall–Kier alpha value is -2.87. The third-order valence-corrected chi connectivity index (χ3v) is 7.47. The molecule has 1 aliphatic rings. The molecule has 1 unspecified atom stereocenters. The van der Waals surface area contributed by atoms with E-state index in [2.05, 4.69) is 10.0 Å². The highest BCUT2D eigenvalue weighted by Gasteiger charge is 2.34. The maximum atomic E-state index is 13.2. The van der Waals surface area contributed by atoms with Crippen LogP contribution >= 0.6 is 0 Å². The number of aryl methyl sites for hydroxylation is 3. The summed E-state index contributed by atoms with van der Waals surface area (Å²) in [5.74, 6) is -0.0950. The van der Waals surface area contributed by atoms with E-state index in [1.165, 1.54) is 6.07 Å². The predicted molar refractivity (Wildman–Crippen MR) is 130 cm³/mol. The van der Waals surface area contributed by atoms with Gasteiger partial charge >= 0.3 is 0 Å². The molecule has 2 aromatic carbocycles. The van der Waals surface area contributed by atoms with Crippen LogP contribution in [0.5, 0.6) is 0 Å². The molecular weight excluding hydrogens is 438 g/mol. The van der Waals surface area contributed by atoms with Crippen molar-refractivity contribution in [1.82, 2.24) is 10.2 Å². The van der Waals surface area contributed by atoms with Crippen LogP contribution in [0, 0.1) is 26.7 Å². The Kier molecular flexibility index (Phi) is 7.47. The third kappa shape index (κ3) is 5.74. The zero-order chi connectivity index (χ0) is 24.3. The summed E-state index contributed by atoms with van der Waals surface area (Å²) in [6.45, 7) is 10.7. The second kappa shape index (κ2) is 9.95. The van der Waals surface area contributed by atoms with Crippen molar-refractivity contribution in [3.05, 3.63) is 58.7 Å². The molecular formula is C25H33N3O4S. The number of nitrogens with one attached hydrogen (secondary N) is 2. The molecule has 1 saturated heterocycles. The van der Waals surface area contributed by atoms with Crippen molar-refractivity contribution < 1.29 is 18.0 Å². The molecule has 2 aromatic rings. The van der Waals surface area contributed by atoms with Crippen LogP contribution in [-0.2, 0) is 14.8 Å². The zero-order valence-corrected chi connectivity index (χ0v) is 20.8. The van der Waals surface area contributed by atoms with E-state index in [1.807, 2.05) is 33.8 Å². The molecule has 0 aromatic heterocycles. The van der Waals surface area contributed by atoms with Crippen molar-refractivity contribution in [2.45, 2.75) is 58.4 Å². The lowest BCUT2D eigenvalue weighted by atomic mass is 10.1. The van der Waals surface area contributed by atoms with E-state index in [0.29, 0.717) is 42.2 Å². The van der Waals surface area contributed by atoms with E-state index in [0.717, 1.165) is 17.5 Å². The molecule has 2 amide bonds. The van der Waals surface area contributed by atoms with Crippen LogP contribution in [0.1, 0.15) is 53.7 Å². The van der Waals surface area contributed by atoms with Gasteiger partial charge in [0, 0.05) is 24.3 Å². The highest BCUT2D eigenvalue weighted by Crippen LogP contribution is 2.25. The molecule has 0 bridgehead atoms. The molecule has 1 aliphatic heterocycles. The van der Waals surface area contributed by atoms with Gasteiger partial charge in [0.05, 0.1) is 4.90 Å². The maximum absolute atomic E-state index is 13.2. The van der Waals surface area contributed by atoms with Gasteiger partial charge in [-0.15, -0.1) is 0 Å². The van der Waals surface area contributed by atoms with Crippen LogP contribution in [0.15, 0.2) is 41.3 Å². The summed E-state index contributed by atoms with van der Waals surface area (Å²) < 4.78 is 28.7. The number of carbonyl (C=O) groups excluding carboxylic acids is 2. The Bertz CT molecular complexity index is 1160. The van der Waals surface area contributed by atoms with Crippen molar-refractivity contribution in [1.29, 1.82) is 0 Å². The van der Waals surface area contributed by atoms with Crippen LogP contribution in [0.4, 0.5) is 5.69 Å². The van der Waals surface area contributed by atoms with Crippen molar-refractivity contribution >= 4 is 27.5 Å². The number of carbonyl (C=O) groups is 2. The Balaban J connectivity index is 1.80. The Labute approximate surface area is 196 Å².